The highest BCUT2D eigenvalue weighted by atomic mass is 32.2. The van der Waals surface area contributed by atoms with Gasteiger partial charge in [0.25, 0.3) is 32.1 Å². The van der Waals surface area contributed by atoms with Crippen LogP contribution in [0.2, 0.25) is 0 Å². The first-order chi connectivity index (χ1) is 33.9. The number of methoxy groups -OCH3 is 2. The van der Waals surface area contributed by atoms with Crippen molar-refractivity contribution in [3.05, 3.63) is 56.3 Å². The van der Waals surface area contributed by atoms with Gasteiger partial charge in [0.2, 0.25) is 0 Å². The van der Waals surface area contributed by atoms with Gasteiger partial charge in [-0.15, -0.1) is 0 Å². The monoisotopic (exact) mass is 1150 g/mol. The topological polar surface area (TPSA) is 263 Å². The van der Waals surface area contributed by atoms with E-state index in [0.717, 1.165) is 43.1 Å². The number of benzene rings is 2. The van der Waals surface area contributed by atoms with E-state index in [2.05, 4.69) is 41.5 Å². The maximum absolute atomic E-state index is 12.8. The molecule has 20 nitrogen and oxygen atoms in total. The molecule has 4 heterocycles. The zero-order valence-corrected chi connectivity index (χ0v) is 47.7. The van der Waals surface area contributed by atoms with Crippen molar-refractivity contribution in [2.24, 2.45) is 0 Å². The Labute approximate surface area is 449 Å². The Morgan fingerprint density at radius 2 is 0.903 bits per heavy atom. The van der Waals surface area contributed by atoms with E-state index in [1.54, 1.807) is 43.9 Å². The molecule has 0 aliphatic carbocycles. The lowest BCUT2D eigenvalue weighted by Crippen LogP contribution is -3.11. The van der Waals surface area contributed by atoms with E-state index in [1.807, 2.05) is 12.1 Å². The molecule has 72 heavy (non-hydrogen) atoms. The van der Waals surface area contributed by atoms with Gasteiger partial charge in [0, 0.05) is 35.0 Å². The van der Waals surface area contributed by atoms with Crippen LogP contribution >= 0.6 is 71.5 Å². The number of thiocarbonyl (C=S) groups is 2. The van der Waals surface area contributed by atoms with E-state index in [1.165, 1.54) is 77.0 Å². The summed E-state index contributed by atoms with van der Waals surface area (Å²) in [6, 6.07) is 10.6. The highest BCUT2D eigenvalue weighted by Gasteiger charge is 2.41. The lowest BCUT2D eigenvalue weighted by atomic mass is 10.2. The molecule has 0 aromatic heterocycles. The number of hydrogen-bond acceptors (Lipinski definition) is 20. The number of anilines is 2. The first-order valence-electron chi connectivity index (χ1n) is 22.7. The number of carbonyl (C=O) groups is 4. The van der Waals surface area contributed by atoms with Crippen LogP contribution in [0.25, 0.3) is 0 Å². The minimum absolute atomic E-state index is 0.105. The third kappa shape index (κ3) is 18.3. The van der Waals surface area contributed by atoms with Crippen molar-refractivity contribution in [2.75, 3.05) is 101 Å². The predicted octanol–water partition coefficient (Wildman–Crippen LogP) is 1.19. The van der Waals surface area contributed by atoms with Crippen LogP contribution in [0.15, 0.2) is 66.1 Å². The van der Waals surface area contributed by atoms with E-state index in [4.69, 9.17) is 43.0 Å². The van der Waals surface area contributed by atoms with Crippen LogP contribution < -0.4 is 39.3 Å². The lowest BCUT2D eigenvalue weighted by Gasteiger charge is -2.21. The van der Waals surface area contributed by atoms with E-state index >= 15 is 0 Å². The average molecular weight is 1160 g/mol. The minimum Gasteiger partial charge on any atom is -0.548 e. The Morgan fingerprint density at radius 1 is 0.583 bits per heavy atom. The van der Waals surface area contributed by atoms with Crippen molar-refractivity contribution in [2.45, 2.75) is 64.2 Å². The first-order valence-corrected chi connectivity index (χ1v) is 30.0. The Balaban J connectivity index is 0.000000301. The van der Waals surface area contributed by atoms with Crippen molar-refractivity contribution in [1.82, 2.24) is 9.80 Å². The highest BCUT2D eigenvalue weighted by molar-refractivity contribution is 8.27. The molecular formula is C44H62N6O14S8. The number of fused-ring (bicyclic) bond motifs is 2. The van der Waals surface area contributed by atoms with Gasteiger partial charge in [-0.05, 0) is 78.6 Å². The molecule has 0 spiro atoms. The summed E-state index contributed by atoms with van der Waals surface area (Å²) in [6.45, 7) is 20.1. The number of carbonyl (C=O) groups excluding carboxylic acids is 4. The number of rotatable bonds is 20. The number of carboxylic acid groups (broad SMARTS) is 2. The van der Waals surface area contributed by atoms with Gasteiger partial charge >= 0.3 is 0 Å². The van der Waals surface area contributed by atoms with Crippen LogP contribution in [-0.4, -0.2) is 159 Å². The molecule has 0 atom stereocenters. The van der Waals surface area contributed by atoms with E-state index < -0.39 is 68.6 Å². The van der Waals surface area contributed by atoms with Crippen LogP contribution in [0.1, 0.15) is 54.4 Å². The molecule has 0 saturated carbocycles. The first kappa shape index (κ1) is 62.6. The smallest absolute Gasteiger partial charge is 0.269 e. The number of hydrogen-bond donors (Lipinski definition) is 4. The summed E-state index contributed by atoms with van der Waals surface area (Å²) in [7, 11) is -5.24. The van der Waals surface area contributed by atoms with Crippen LogP contribution in [0.5, 0.6) is 11.5 Å². The molecule has 4 N–H and O–H groups in total. The zero-order chi connectivity index (χ0) is 54.1. The molecule has 28 heteroatoms. The molecule has 0 bridgehead atoms. The van der Waals surface area contributed by atoms with Crippen molar-refractivity contribution in [3.63, 3.8) is 0 Å². The second-order valence-electron chi connectivity index (χ2n) is 15.6. The molecule has 0 radical (unpaired) electrons. The van der Waals surface area contributed by atoms with Crippen LogP contribution in [0.4, 0.5) is 11.4 Å². The summed E-state index contributed by atoms with van der Waals surface area (Å²) in [5, 5.41) is 22.9. The number of carboxylic acids is 2. The molecule has 2 aromatic rings. The number of nitrogens with zero attached hydrogens (tertiary/aromatic N) is 4. The Morgan fingerprint density at radius 3 is 1.15 bits per heavy atom. The number of aliphatic carboxylic acids is 2. The van der Waals surface area contributed by atoms with E-state index in [-0.39, 0.29) is 44.4 Å². The van der Waals surface area contributed by atoms with E-state index in [0.29, 0.717) is 32.9 Å². The van der Waals surface area contributed by atoms with Crippen molar-refractivity contribution in [3.8, 4) is 11.5 Å². The molecule has 400 valence electrons. The summed E-state index contributed by atoms with van der Waals surface area (Å²) >= 11 is 14.8. The van der Waals surface area contributed by atoms with Crippen molar-refractivity contribution >= 4 is 135 Å². The molecular weight excluding hydrogens is 1090 g/mol. The van der Waals surface area contributed by atoms with Gasteiger partial charge in [-0.3, -0.25) is 28.5 Å². The van der Waals surface area contributed by atoms with Gasteiger partial charge < -0.3 is 48.9 Å². The molecule has 2 amide bonds. The molecule has 2 saturated heterocycles. The molecule has 4 aliphatic rings. The molecule has 2 aromatic carbocycles. The van der Waals surface area contributed by atoms with Crippen molar-refractivity contribution < 1.29 is 74.6 Å². The Bertz CT molecular complexity index is 2410. The fourth-order valence-corrected chi connectivity index (χ4v) is 13.2. The summed E-state index contributed by atoms with van der Waals surface area (Å²) in [5.74, 6) is -3.67. The second-order valence-corrected chi connectivity index (χ2v) is 24.1. The SMILES string of the molecule is CC[NH+](CC)CC.CC[NH+](CC)CC.COc1ccc2c(c1)N(CCCS(=O)(=O)O)C(=C1SC(=S)N(CC(=O)[O-])C1=O)S2.COc1ccc2c(c1)N(CCCS(=O)(=O)O)C(=C1SC(=S)N(CC(=O)[O-])C1=O)S2. The average Bonchev–Trinajstić information content (AvgIpc) is 4.03. The van der Waals surface area contributed by atoms with Crippen LogP contribution in [0, 0.1) is 0 Å². The summed E-state index contributed by atoms with van der Waals surface area (Å²) in [4.78, 5) is 58.3. The van der Waals surface area contributed by atoms with Gasteiger partial charge in [-0.2, -0.15) is 16.8 Å². The number of thioether (sulfide) groups is 4. The van der Waals surface area contributed by atoms with Crippen molar-refractivity contribution in [1.29, 1.82) is 0 Å². The summed E-state index contributed by atoms with van der Waals surface area (Å²) < 4.78 is 73.1. The summed E-state index contributed by atoms with van der Waals surface area (Å²) in [5.41, 5.74) is 1.43. The number of nitrogens with one attached hydrogen (secondary N) is 2. The largest absolute Gasteiger partial charge is 0.548 e. The molecule has 4 aliphatic heterocycles. The van der Waals surface area contributed by atoms with E-state index in [9.17, 15) is 46.2 Å². The number of quaternary nitrogens is 2. The van der Waals surface area contributed by atoms with Gasteiger partial charge in [0.05, 0.1) is 101 Å². The standard InChI is InChI=1S/2C16H16N2O7S4.2C6H15N/c2*1-25-9-3-4-11-10(7-9)17(5-2-6-29(22,23)24)15(27-11)13-14(21)18(8-12(19)20)16(26)28-13;2*1-4-7(5-2)6-3/h2*3-4,7H,2,5-6,8H2,1H3,(H,19,20)(H,22,23,24);2*4-6H2,1-3H3. The Kier molecular flexibility index (Phi) is 25.6. The highest BCUT2D eigenvalue weighted by Crippen LogP contribution is 2.53. The number of ether oxygens (including phenoxy) is 2. The van der Waals surface area contributed by atoms with Gasteiger partial charge in [0.15, 0.2) is 0 Å². The predicted molar refractivity (Wildman–Crippen MR) is 288 cm³/mol. The molecule has 6 rings (SSSR count). The fraction of sp³-hybridized carbons (Fsp3) is 0.500. The molecule has 0 unspecified atom stereocenters. The Hall–Kier alpha value is -3.68. The lowest BCUT2D eigenvalue weighted by molar-refractivity contribution is -0.894. The maximum atomic E-state index is 12.8. The third-order valence-corrected chi connectivity index (χ3v) is 18.2. The fourth-order valence-electron chi connectivity index (χ4n) is 7.06. The minimum atomic E-state index is -4.13. The van der Waals surface area contributed by atoms with Gasteiger partial charge in [0.1, 0.15) is 40.0 Å². The van der Waals surface area contributed by atoms with Crippen LogP contribution in [-0.2, 0) is 39.4 Å². The summed E-state index contributed by atoms with van der Waals surface area (Å²) in [6.07, 6.45) is 0.220. The molecule has 2 fully saturated rings. The van der Waals surface area contributed by atoms with Crippen LogP contribution in [0.3, 0.4) is 0 Å². The normalized spacial score (nSPS) is 17.4. The maximum Gasteiger partial charge on any atom is 0.269 e. The second kappa shape index (κ2) is 29.4. The quantitative estimate of drug-likeness (QED) is 0.0825. The third-order valence-electron chi connectivity index (χ3n) is 11.0. The number of amides is 2. The van der Waals surface area contributed by atoms with Gasteiger partial charge in [-0.25, -0.2) is 0 Å². The zero-order valence-electron chi connectivity index (χ0n) is 41.2. The van der Waals surface area contributed by atoms with Gasteiger partial charge in [-0.1, -0.05) is 71.5 Å².